The van der Waals surface area contributed by atoms with Crippen molar-refractivity contribution in [3.05, 3.63) is 30.1 Å². The van der Waals surface area contributed by atoms with Gasteiger partial charge in [-0.1, -0.05) is 6.07 Å². The van der Waals surface area contributed by atoms with E-state index in [1.54, 1.807) is 0 Å². The molecule has 2 aliphatic rings. The lowest BCUT2D eigenvalue weighted by atomic mass is 9.84. The smallest absolute Gasteiger partial charge is 0.0741 e. The highest BCUT2D eigenvalue weighted by molar-refractivity contribution is 5.08. The van der Waals surface area contributed by atoms with Gasteiger partial charge in [0, 0.05) is 38.1 Å². The van der Waals surface area contributed by atoms with Crippen LogP contribution in [-0.4, -0.2) is 36.4 Å². The van der Waals surface area contributed by atoms with Crippen LogP contribution in [-0.2, 0) is 9.47 Å². The molecule has 2 fully saturated rings. The normalized spacial score (nSPS) is 27.4. The standard InChI is InChI=1S/C16H24N2O2/c1-13(15-4-2-3-8-17-15)18-14-5-9-20-16(12-14)6-10-19-11-7-16/h2-4,8,13-14,18H,5-7,9-12H2,1H3. The number of ether oxygens (including phenoxy) is 2. The van der Waals surface area contributed by atoms with Gasteiger partial charge in [0.15, 0.2) is 0 Å². The van der Waals surface area contributed by atoms with Crippen molar-refractivity contribution in [3.63, 3.8) is 0 Å². The number of hydrogen-bond donors (Lipinski definition) is 1. The fourth-order valence-corrected chi connectivity index (χ4v) is 3.33. The molecule has 4 heteroatoms. The Morgan fingerprint density at radius 3 is 2.90 bits per heavy atom. The van der Waals surface area contributed by atoms with Gasteiger partial charge in [0.05, 0.1) is 11.3 Å². The third-order valence-electron chi connectivity index (χ3n) is 4.51. The number of pyridine rings is 1. The van der Waals surface area contributed by atoms with Crippen LogP contribution in [0.25, 0.3) is 0 Å². The van der Waals surface area contributed by atoms with E-state index in [0.29, 0.717) is 6.04 Å². The minimum atomic E-state index is 0.0536. The van der Waals surface area contributed by atoms with Crippen molar-refractivity contribution in [2.75, 3.05) is 19.8 Å². The molecule has 2 unspecified atom stereocenters. The number of aromatic nitrogens is 1. The van der Waals surface area contributed by atoms with Gasteiger partial charge in [-0.05, 0) is 44.7 Å². The molecule has 0 aromatic carbocycles. The highest BCUT2D eigenvalue weighted by Gasteiger charge is 2.39. The van der Waals surface area contributed by atoms with Gasteiger partial charge in [-0.2, -0.15) is 0 Å². The van der Waals surface area contributed by atoms with E-state index in [9.17, 15) is 0 Å². The minimum Gasteiger partial charge on any atom is -0.381 e. The minimum absolute atomic E-state index is 0.0536. The maximum Gasteiger partial charge on any atom is 0.0741 e. The van der Waals surface area contributed by atoms with Crippen molar-refractivity contribution in [1.82, 2.24) is 10.3 Å². The molecule has 2 saturated heterocycles. The van der Waals surface area contributed by atoms with E-state index in [1.165, 1.54) is 0 Å². The lowest BCUT2D eigenvalue weighted by Crippen LogP contribution is -2.50. The summed E-state index contributed by atoms with van der Waals surface area (Å²) < 4.78 is 11.6. The van der Waals surface area contributed by atoms with Gasteiger partial charge in [-0.3, -0.25) is 4.98 Å². The van der Waals surface area contributed by atoms with E-state index < -0.39 is 0 Å². The van der Waals surface area contributed by atoms with Crippen LogP contribution in [0.5, 0.6) is 0 Å². The molecule has 0 aliphatic carbocycles. The molecule has 4 nitrogen and oxygen atoms in total. The zero-order valence-electron chi connectivity index (χ0n) is 12.2. The first-order valence-electron chi connectivity index (χ1n) is 7.66. The highest BCUT2D eigenvalue weighted by Crippen LogP contribution is 2.34. The Balaban J connectivity index is 1.60. The third kappa shape index (κ3) is 3.19. The molecule has 20 heavy (non-hydrogen) atoms. The zero-order chi connectivity index (χ0) is 13.8. The Kier molecular flexibility index (Phi) is 4.34. The molecule has 0 saturated carbocycles. The summed E-state index contributed by atoms with van der Waals surface area (Å²) in [5.41, 5.74) is 1.16. The SMILES string of the molecule is CC(NC1CCOC2(CCOCC2)C1)c1ccccn1. The van der Waals surface area contributed by atoms with Crippen LogP contribution < -0.4 is 5.32 Å². The van der Waals surface area contributed by atoms with Crippen LogP contribution in [0.15, 0.2) is 24.4 Å². The zero-order valence-corrected chi connectivity index (χ0v) is 12.2. The molecule has 0 bridgehead atoms. The van der Waals surface area contributed by atoms with Gasteiger partial charge in [0.2, 0.25) is 0 Å². The van der Waals surface area contributed by atoms with E-state index in [-0.39, 0.29) is 11.6 Å². The Hall–Kier alpha value is -0.970. The molecule has 0 amide bonds. The molecule has 2 atom stereocenters. The van der Waals surface area contributed by atoms with E-state index in [1.807, 2.05) is 18.3 Å². The van der Waals surface area contributed by atoms with Crippen molar-refractivity contribution >= 4 is 0 Å². The van der Waals surface area contributed by atoms with Gasteiger partial charge in [0.1, 0.15) is 0 Å². The quantitative estimate of drug-likeness (QED) is 0.921. The Morgan fingerprint density at radius 2 is 2.15 bits per heavy atom. The summed E-state index contributed by atoms with van der Waals surface area (Å²) in [6.45, 7) is 4.71. The van der Waals surface area contributed by atoms with Crippen LogP contribution in [0.2, 0.25) is 0 Å². The van der Waals surface area contributed by atoms with Crippen LogP contribution in [0.4, 0.5) is 0 Å². The second-order valence-corrected chi connectivity index (χ2v) is 5.98. The summed E-state index contributed by atoms with van der Waals surface area (Å²) in [6, 6.07) is 6.89. The molecule has 1 spiro atoms. The van der Waals surface area contributed by atoms with Gasteiger partial charge in [0.25, 0.3) is 0 Å². The number of rotatable bonds is 3. The average Bonchev–Trinajstić information content (AvgIpc) is 2.49. The second-order valence-electron chi connectivity index (χ2n) is 5.98. The van der Waals surface area contributed by atoms with Crippen molar-refractivity contribution in [2.24, 2.45) is 0 Å². The lowest BCUT2D eigenvalue weighted by Gasteiger charge is -2.44. The molecule has 1 N–H and O–H groups in total. The Bertz CT molecular complexity index is 412. The summed E-state index contributed by atoms with van der Waals surface area (Å²) >= 11 is 0. The summed E-state index contributed by atoms with van der Waals surface area (Å²) in [4.78, 5) is 4.43. The van der Waals surface area contributed by atoms with Crippen molar-refractivity contribution < 1.29 is 9.47 Å². The first-order valence-corrected chi connectivity index (χ1v) is 7.66. The number of nitrogens with zero attached hydrogens (tertiary/aromatic N) is 1. The van der Waals surface area contributed by atoms with E-state index in [0.717, 1.165) is 51.2 Å². The monoisotopic (exact) mass is 276 g/mol. The molecule has 1 aromatic heterocycles. The molecule has 110 valence electrons. The third-order valence-corrected chi connectivity index (χ3v) is 4.51. The average molecular weight is 276 g/mol. The van der Waals surface area contributed by atoms with Crippen molar-refractivity contribution in [2.45, 2.75) is 50.3 Å². The molecular formula is C16H24N2O2. The Morgan fingerprint density at radius 1 is 1.30 bits per heavy atom. The highest BCUT2D eigenvalue weighted by atomic mass is 16.5. The van der Waals surface area contributed by atoms with Crippen molar-refractivity contribution in [3.8, 4) is 0 Å². The predicted molar refractivity (Wildman–Crippen MR) is 77.5 cm³/mol. The lowest BCUT2D eigenvalue weighted by molar-refractivity contribution is -0.140. The van der Waals surface area contributed by atoms with Crippen LogP contribution in [0.1, 0.15) is 44.3 Å². The van der Waals surface area contributed by atoms with Gasteiger partial charge < -0.3 is 14.8 Å². The van der Waals surface area contributed by atoms with E-state index in [4.69, 9.17) is 9.47 Å². The first kappa shape index (κ1) is 14.0. The molecule has 3 rings (SSSR count). The second kappa shape index (κ2) is 6.20. The summed E-state index contributed by atoms with van der Waals surface area (Å²) in [6.07, 6.45) is 6.09. The summed E-state index contributed by atoms with van der Waals surface area (Å²) in [5, 5.41) is 3.72. The summed E-state index contributed by atoms with van der Waals surface area (Å²) in [7, 11) is 0. The summed E-state index contributed by atoms with van der Waals surface area (Å²) in [5.74, 6) is 0. The van der Waals surface area contributed by atoms with Crippen LogP contribution in [0, 0.1) is 0 Å². The largest absolute Gasteiger partial charge is 0.381 e. The topological polar surface area (TPSA) is 43.4 Å². The van der Waals surface area contributed by atoms with Gasteiger partial charge in [-0.25, -0.2) is 0 Å². The maximum atomic E-state index is 6.09. The number of hydrogen-bond acceptors (Lipinski definition) is 4. The van der Waals surface area contributed by atoms with Gasteiger partial charge in [-0.15, -0.1) is 0 Å². The fourth-order valence-electron chi connectivity index (χ4n) is 3.33. The van der Waals surface area contributed by atoms with Crippen LogP contribution in [0.3, 0.4) is 0 Å². The first-order chi connectivity index (χ1) is 9.77. The number of nitrogens with one attached hydrogen (secondary N) is 1. The van der Waals surface area contributed by atoms with Gasteiger partial charge >= 0.3 is 0 Å². The maximum absolute atomic E-state index is 6.09. The van der Waals surface area contributed by atoms with Crippen molar-refractivity contribution in [1.29, 1.82) is 0 Å². The molecule has 0 radical (unpaired) electrons. The molecule has 1 aromatic rings. The molecule has 2 aliphatic heterocycles. The fraction of sp³-hybridized carbons (Fsp3) is 0.688. The predicted octanol–water partition coefficient (Wildman–Crippen LogP) is 2.46. The molecular weight excluding hydrogens is 252 g/mol. The van der Waals surface area contributed by atoms with E-state index >= 15 is 0 Å². The molecule has 3 heterocycles. The van der Waals surface area contributed by atoms with Crippen LogP contribution >= 0.6 is 0 Å². The van der Waals surface area contributed by atoms with E-state index in [2.05, 4.69) is 23.3 Å². The Labute approximate surface area is 120 Å².